The van der Waals surface area contributed by atoms with Crippen molar-refractivity contribution in [3.63, 3.8) is 0 Å². The van der Waals surface area contributed by atoms with Gasteiger partial charge in [0.1, 0.15) is 0 Å². The van der Waals surface area contributed by atoms with Gasteiger partial charge in [-0.05, 0) is 0 Å². The predicted octanol–water partition coefficient (Wildman–Crippen LogP) is 9.68. The van der Waals surface area contributed by atoms with Crippen molar-refractivity contribution in [2.45, 2.75) is 64.7 Å². The molecule has 0 radical (unpaired) electrons. The Kier molecular flexibility index (Phi) is 7.16. The van der Waals surface area contributed by atoms with Crippen LogP contribution in [-0.4, -0.2) is 20.4 Å². The Morgan fingerprint density at radius 2 is 1.52 bits per heavy atom. The summed E-state index contributed by atoms with van der Waals surface area (Å²) in [6.45, 7) is 2.29. The van der Waals surface area contributed by atoms with E-state index in [0.29, 0.717) is 0 Å². The van der Waals surface area contributed by atoms with Gasteiger partial charge in [-0.25, -0.2) is 0 Å². The molecule has 0 unspecified atom stereocenters. The molecule has 0 N–H and O–H groups in total. The molecule has 0 nitrogen and oxygen atoms in total. The van der Waals surface area contributed by atoms with Gasteiger partial charge in [-0.15, -0.1) is 0 Å². The number of unbranched alkanes of at least 4 members (excludes halogenated alkanes) is 7. The number of rotatable bonds is 10. The van der Waals surface area contributed by atoms with E-state index in [4.69, 9.17) is 0 Å². The van der Waals surface area contributed by atoms with Crippen LogP contribution in [0.3, 0.4) is 0 Å². The molecular weight excluding hydrogens is 528 g/mol. The molecule has 5 rings (SSSR count). The van der Waals surface area contributed by atoms with Crippen molar-refractivity contribution in [2.75, 3.05) is 0 Å². The third-order valence-electron chi connectivity index (χ3n) is 6.20. The minimum atomic E-state index is -0.257. The van der Waals surface area contributed by atoms with E-state index in [1.54, 1.807) is 11.9 Å². The van der Waals surface area contributed by atoms with Crippen molar-refractivity contribution in [2.24, 2.45) is 0 Å². The molecule has 0 fully saturated rings. The third-order valence-corrected chi connectivity index (χ3v) is 11.9. The Morgan fingerprint density at radius 3 is 2.32 bits per heavy atom. The summed E-state index contributed by atoms with van der Waals surface area (Å²) in [6, 6.07) is 19.2. The monoisotopic (exact) mass is 560 g/mol. The van der Waals surface area contributed by atoms with Gasteiger partial charge in [0, 0.05) is 0 Å². The fraction of sp³-hybridized carbons (Fsp3) is 0.357. The molecule has 0 amide bonds. The van der Waals surface area contributed by atoms with Crippen LogP contribution >= 0.6 is 22.7 Å². The Hall–Kier alpha value is -1.11. The zero-order chi connectivity index (χ0) is 21.0. The van der Waals surface area contributed by atoms with Crippen LogP contribution in [0.1, 0.15) is 63.2 Å². The molecule has 160 valence electrons. The van der Waals surface area contributed by atoms with Crippen molar-refractivity contribution < 1.29 is 0 Å². The van der Waals surface area contributed by atoms with Crippen LogP contribution in [-0.2, 0) is 6.42 Å². The summed E-state index contributed by atoms with van der Waals surface area (Å²) in [5.41, 5.74) is 0. The van der Waals surface area contributed by atoms with Crippen LogP contribution < -0.4 is 0 Å². The van der Waals surface area contributed by atoms with E-state index in [1.807, 2.05) is 22.7 Å². The molecule has 31 heavy (non-hydrogen) atoms. The molecule has 0 atom stereocenters. The van der Waals surface area contributed by atoms with Crippen LogP contribution in [0.25, 0.3) is 38.1 Å². The fourth-order valence-electron chi connectivity index (χ4n) is 4.48. The second-order valence-corrected chi connectivity index (χ2v) is 13.9. The first-order valence-corrected chi connectivity index (χ1v) is 15.8. The van der Waals surface area contributed by atoms with Crippen LogP contribution in [0.15, 0.2) is 53.9 Å². The van der Waals surface area contributed by atoms with Gasteiger partial charge in [0.25, 0.3) is 0 Å². The summed E-state index contributed by atoms with van der Waals surface area (Å²) < 4.78 is 4.66. The van der Waals surface area contributed by atoms with E-state index >= 15 is 0 Å². The molecule has 3 heterocycles. The first-order chi connectivity index (χ1) is 15.3. The summed E-state index contributed by atoms with van der Waals surface area (Å²) in [4.78, 5) is 3.03. The summed E-state index contributed by atoms with van der Waals surface area (Å²) in [6.07, 6.45) is 12.4. The Balaban J connectivity index is 1.28. The molecule has 5 aromatic rings. The average molecular weight is 558 g/mol. The molecule has 0 aliphatic heterocycles. The number of hydrogen-bond donors (Lipinski definition) is 0. The summed E-state index contributed by atoms with van der Waals surface area (Å²) >= 11 is 3.64. The van der Waals surface area contributed by atoms with E-state index in [-0.39, 0.29) is 20.4 Å². The van der Waals surface area contributed by atoms with Gasteiger partial charge in [0.05, 0.1) is 0 Å². The Bertz CT molecular complexity index is 1200. The molecule has 0 saturated heterocycles. The standard InChI is InChI=1S/C28H30S2Te/c1-2-3-4-5-6-7-8-9-11-24-16-22-14-21-18-27-23(15-20(21)17-26(22)30-24)19-28(31-27)25-12-10-13-29-25/h10,12-19H,2-9,11H2,1H3. The number of hydrogen-bond acceptors (Lipinski definition) is 2. The SMILES string of the molecule is CCCCCCCCCCc1cc2cc3cc4[te]c(-c5cccs5)cc4cc3cc2s1. The van der Waals surface area contributed by atoms with Crippen LogP contribution in [0.4, 0.5) is 0 Å². The average Bonchev–Trinajstić information content (AvgIpc) is 3.51. The first-order valence-electron chi connectivity index (χ1n) is 11.7. The molecule has 0 bridgehead atoms. The summed E-state index contributed by atoms with van der Waals surface area (Å²) in [5, 5.41) is 7.93. The van der Waals surface area contributed by atoms with E-state index in [2.05, 4.69) is 60.8 Å². The minimum absolute atomic E-state index is 0.257. The summed E-state index contributed by atoms with van der Waals surface area (Å²) in [7, 11) is 0. The third kappa shape index (κ3) is 5.12. The van der Waals surface area contributed by atoms with Gasteiger partial charge in [0.2, 0.25) is 0 Å². The van der Waals surface area contributed by atoms with Gasteiger partial charge >= 0.3 is 172 Å². The number of fused-ring (bicyclic) bond motifs is 3. The molecule has 0 aliphatic carbocycles. The van der Waals surface area contributed by atoms with Crippen molar-refractivity contribution >= 4 is 72.8 Å². The van der Waals surface area contributed by atoms with Gasteiger partial charge in [-0.1, -0.05) is 32.6 Å². The normalized spacial score (nSPS) is 11.9. The van der Waals surface area contributed by atoms with E-state index in [1.165, 1.54) is 88.9 Å². The van der Waals surface area contributed by atoms with Crippen molar-refractivity contribution in [1.29, 1.82) is 0 Å². The Morgan fingerprint density at radius 1 is 0.742 bits per heavy atom. The van der Waals surface area contributed by atoms with Crippen LogP contribution in [0.2, 0.25) is 0 Å². The van der Waals surface area contributed by atoms with Crippen molar-refractivity contribution in [1.82, 2.24) is 0 Å². The van der Waals surface area contributed by atoms with Crippen LogP contribution in [0.5, 0.6) is 0 Å². The molecule has 3 aromatic heterocycles. The van der Waals surface area contributed by atoms with Crippen molar-refractivity contribution in [3.05, 3.63) is 58.8 Å². The Labute approximate surface area is 203 Å². The maximum atomic E-state index is 2.49. The molecule has 2 aromatic carbocycles. The quantitative estimate of drug-likeness (QED) is 0.118. The number of aryl methyl sites for hydroxylation is 1. The predicted molar refractivity (Wildman–Crippen MR) is 143 cm³/mol. The molecular formula is C28H30S2Te. The second kappa shape index (κ2) is 10.2. The zero-order valence-corrected chi connectivity index (χ0v) is 22.2. The maximum absolute atomic E-state index is 2.49. The molecule has 0 saturated carbocycles. The number of thiophene rings is 2. The number of benzene rings is 2. The van der Waals surface area contributed by atoms with Gasteiger partial charge in [0.15, 0.2) is 0 Å². The summed E-state index contributed by atoms with van der Waals surface area (Å²) in [5.74, 6) is 0. The topological polar surface area (TPSA) is 0 Å². The van der Waals surface area contributed by atoms with E-state index in [0.717, 1.165) is 0 Å². The van der Waals surface area contributed by atoms with Crippen molar-refractivity contribution in [3.8, 4) is 8.46 Å². The van der Waals surface area contributed by atoms with E-state index in [9.17, 15) is 0 Å². The van der Waals surface area contributed by atoms with Gasteiger partial charge in [-0.3, -0.25) is 0 Å². The van der Waals surface area contributed by atoms with Gasteiger partial charge in [-0.2, -0.15) is 0 Å². The molecule has 0 aliphatic rings. The van der Waals surface area contributed by atoms with E-state index < -0.39 is 0 Å². The molecule has 3 heteroatoms. The molecule has 0 spiro atoms. The fourth-order valence-corrected chi connectivity index (χ4v) is 9.83. The zero-order valence-electron chi connectivity index (χ0n) is 18.3. The van der Waals surface area contributed by atoms with Crippen LogP contribution in [0, 0.1) is 0 Å². The second-order valence-electron chi connectivity index (χ2n) is 8.65. The van der Waals surface area contributed by atoms with Gasteiger partial charge < -0.3 is 0 Å². The first kappa shape index (κ1) is 21.7.